The molecule has 1 saturated heterocycles. The van der Waals surface area contributed by atoms with Crippen LogP contribution in [0.5, 0.6) is 0 Å². The van der Waals surface area contributed by atoms with Gasteiger partial charge in [0.2, 0.25) is 0 Å². The number of pyridine rings is 1. The molecule has 0 aliphatic carbocycles. The monoisotopic (exact) mass is 369 g/mol. The Hall–Kier alpha value is -2.37. The van der Waals surface area contributed by atoms with Gasteiger partial charge in [-0.1, -0.05) is 35.9 Å². The first-order chi connectivity index (χ1) is 12.1. The average Bonchev–Trinajstić information content (AvgIpc) is 2.92. The van der Waals surface area contributed by atoms with Crippen LogP contribution < -0.4 is 0 Å². The van der Waals surface area contributed by atoms with Crippen molar-refractivity contribution in [2.45, 2.75) is 6.92 Å². The van der Waals surface area contributed by atoms with Gasteiger partial charge in [-0.25, -0.2) is 9.98 Å². The summed E-state index contributed by atoms with van der Waals surface area (Å²) in [4.78, 5) is 23.8. The Morgan fingerprint density at radius 3 is 2.72 bits per heavy atom. The number of halogens is 1. The maximum absolute atomic E-state index is 12.8. The van der Waals surface area contributed by atoms with Crippen LogP contribution in [-0.4, -0.2) is 27.5 Å². The number of thioether (sulfide) groups is 1. The van der Waals surface area contributed by atoms with Crippen molar-refractivity contribution in [1.82, 2.24) is 9.88 Å². The van der Waals surface area contributed by atoms with Crippen LogP contribution in [0, 0.1) is 0 Å². The van der Waals surface area contributed by atoms with Crippen molar-refractivity contribution in [2.24, 2.45) is 4.99 Å². The number of benzene rings is 1. The number of aliphatic imine (C=N–C) groups is 1. The molecule has 6 heteroatoms. The topological polar surface area (TPSA) is 45.6 Å². The third-order valence-corrected chi connectivity index (χ3v) is 5.08. The number of aromatic nitrogens is 1. The molecule has 0 atom stereocenters. The van der Waals surface area contributed by atoms with Crippen LogP contribution in [0.1, 0.15) is 12.5 Å². The first kappa shape index (κ1) is 17.5. The first-order valence-corrected chi connectivity index (χ1v) is 8.86. The normalized spacial score (nSPS) is 17.9. The van der Waals surface area contributed by atoms with Gasteiger partial charge >= 0.3 is 0 Å². The lowest BCUT2D eigenvalue weighted by Crippen LogP contribution is -2.29. The average molecular weight is 370 g/mol. The van der Waals surface area contributed by atoms with Crippen LogP contribution in [0.15, 0.2) is 71.2 Å². The Bertz CT molecular complexity index is 860. The van der Waals surface area contributed by atoms with Gasteiger partial charge in [0.15, 0.2) is 11.0 Å². The summed E-state index contributed by atoms with van der Waals surface area (Å²) >= 11 is 7.30. The number of amides is 1. The summed E-state index contributed by atoms with van der Waals surface area (Å²) in [5, 5.41) is 1.27. The number of nitrogens with zero attached hydrogens (tertiary/aromatic N) is 3. The highest BCUT2D eigenvalue weighted by Crippen LogP contribution is 2.37. The fraction of sp³-hybridized carbons (Fsp3) is 0.105. The second-order valence-corrected chi connectivity index (χ2v) is 6.76. The molecular formula is C19H16ClN3OS. The fourth-order valence-electron chi connectivity index (χ4n) is 2.36. The molecule has 3 rings (SSSR count). The second-order valence-electron chi connectivity index (χ2n) is 5.35. The third-order valence-electron chi connectivity index (χ3n) is 3.65. The Morgan fingerprint density at radius 2 is 2.08 bits per heavy atom. The van der Waals surface area contributed by atoms with Crippen molar-refractivity contribution in [1.29, 1.82) is 0 Å². The largest absolute Gasteiger partial charge is 0.282 e. The van der Waals surface area contributed by atoms with Gasteiger partial charge in [-0.3, -0.25) is 9.69 Å². The van der Waals surface area contributed by atoms with E-state index in [0.29, 0.717) is 27.5 Å². The van der Waals surface area contributed by atoms with Crippen molar-refractivity contribution in [3.63, 3.8) is 0 Å². The van der Waals surface area contributed by atoms with E-state index < -0.39 is 0 Å². The second kappa shape index (κ2) is 7.68. The zero-order valence-corrected chi connectivity index (χ0v) is 15.2. The number of hydrogen-bond acceptors (Lipinski definition) is 4. The molecule has 1 aliphatic rings. The fourth-order valence-corrected chi connectivity index (χ4v) is 3.54. The van der Waals surface area contributed by atoms with Gasteiger partial charge in [0.05, 0.1) is 4.91 Å². The van der Waals surface area contributed by atoms with E-state index in [4.69, 9.17) is 11.6 Å². The predicted molar refractivity (Wildman–Crippen MR) is 105 cm³/mol. The number of carbonyl (C=O) groups is 1. The summed E-state index contributed by atoms with van der Waals surface area (Å²) in [5.41, 5.74) is 1.85. The SMILES string of the molecule is C=CCN1C(=O)/C(=C(\C)c2ccc(Cl)cc2)S/C1=N/c1ccccn1. The summed E-state index contributed by atoms with van der Waals surface area (Å²) in [6, 6.07) is 12.9. The van der Waals surface area contributed by atoms with E-state index in [2.05, 4.69) is 16.6 Å². The molecule has 0 N–H and O–H groups in total. The minimum atomic E-state index is -0.0768. The molecule has 4 nitrogen and oxygen atoms in total. The molecule has 1 amide bonds. The Balaban J connectivity index is 2.01. The minimum Gasteiger partial charge on any atom is -0.282 e. The Labute approximate surface area is 155 Å². The smallest absolute Gasteiger partial charge is 0.267 e. The predicted octanol–water partition coefficient (Wildman–Crippen LogP) is 4.92. The summed E-state index contributed by atoms with van der Waals surface area (Å²) in [6.07, 6.45) is 3.36. The molecule has 0 radical (unpaired) electrons. The highest BCUT2D eigenvalue weighted by atomic mass is 35.5. The number of carbonyl (C=O) groups excluding carboxylic acids is 1. The van der Waals surface area contributed by atoms with Gasteiger partial charge in [-0.05, 0) is 54.1 Å². The number of rotatable bonds is 4. The molecule has 1 fully saturated rings. The number of hydrogen-bond donors (Lipinski definition) is 0. The lowest BCUT2D eigenvalue weighted by atomic mass is 10.1. The maximum Gasteiger partial charge on any atom is 0.267 e. The molecule has 0 saturated carbocycles. The van der Waals surface area contributed by atoms with Crippen molar-refractivity contribution in [3.05, 3.63) is 76.8 Å². The summed E-state index contributed by atoms with van der Waals surface area (Å²) < 4.78 is 0. The molecule has 0 bridgehead atoms. The Morgan fingerprint density at radius 1 is 1.32 bits per heavy atom. The molecule has 2 heterocycles. The van der Waals surface area contributed by atoms with Crippen LogP contribution in [0.4, 0.5) is 5.82 Å². The highest BCUT2D eigenvalue weighted by molar-refractivity contribution is 8.18. The lowest BCUT2D eigenvalue weighted by molar-refractivity contribution is -0.121. The molecular weight excluding hydrogens is 354 g/mol. The van der Waals surface area contributed by atoms with E-state index in [1.807, 2.05) is 43.3 Å². The van der Waals surface area contributed by atoms with Crippen molar-refractivity contribution < 1.29 is 4.79 Å². The quantitative estimate of drug-likeness (QED) is 0.568. The molecule has 0 unspecified atom stereocenters. The van der Waals surface area contributed by atoms with Gasteiger partial charge in [-0.2, -0.15) is 0 Å². The van der Waals surface area contributed by atoms with Crippen LogP contribution in [0.25, 0.3) is 5.57 Å². The Kier molecular flexibility index (Phi) is 5.36. The van der Waals surface area contributed by atoms with Crippen molar-refractivity contribution >= 4 is 45.8 Å². The maximum atomic E-state index is 12.8. The van der Waals surface area contributed by atoms with Crippen LogP contribution in [0.2, 0.25) is 5.02 Å². The molecule has 1 aromatic carbocycles. The molecule has 2 aromatic rings. The van der Waals surface area contributed by atoms with Crippen LogP contribution in [-0.2, 0) is 4.79 Å². The van der Waals surface area contributed by atoms with Gasteiger partial charge in [0, 0.05) is 17.8 Å². The van der Waals surface area contributed by atoms with E-state index in [1.54, 1.807) is 23.2 Å². The van der Waals surface area contributed by atoms with E-state index in [1.165, 1.54) is 11.8 Å². The van der Waals surface area contributed by atoms with Gasteiger partial charge in [0.1, 0.15) is 0 Å². The van der Waals surface area contributed by atoms with E-state index in [0.717, 1.165) is 11.1 Å². The summed E-state index contributed by atoms with van der Waals surface area (Å²) in [7, 11) is 0. The van der Waals surface area contributed by atoms with E-state index in [-0.39, 0.29) is 5.91 Å². The van der Waals surface area contributed by atoms with E-state index >= 15 is 0 Å². The number of allylic oxidation sites excluding steroid dienone is 1. The molecule has 0 spiro atoms. The first-order valence-electron chi connectivity index (χ1n) is 7.67. The third kappa shape index (κ3) is 3.83. The van der Waals surface area contributed by atoms with Crippen LogP contribution in [0.3, 0.4) is 0 Å². The summed E-state index contributed by atoms with van der Waals surface area (Å²) in [5.74, 6) is 0.490. The zero-order chi connectivity index (χ0) is 17.8. The lowest BCUT2D eigenvalue weighted by Gasteiger charge is -2.12. The standard InChI is InChI=1S/C19H16ClN3OS/c1-3-12-23-18(24)17(13(2)14-7-9-15(20)10-8-14)25-19(23)22-16-6-4-5-11-21-16/h3-11H,1,12H2,2H3/b17-13-,22-19+. The van der Waals surface area contributed by atoms with Crippen molar-refractivity contribution in [2.75, 3.05) is 6.54 Å². The van der Waals surface area contributed by atoms with Gasteiger partial charge < -0.3 is 0 Å². The minimum absolute atomic E-state index is 0.0768. The molecule has 1 aromatic heterocycles. The highest BCUT2D eigenvalue weighted by Gasteiger charge is 2.34. The van der Waals surface area contributed by atoms with E-state index in [9.17, 15) is 4.79 Å². The van der Waals surface area contributed by atoms with Crippen molar-refractivity contribution in [3.8, 4) is 0 Å². The molecule has 126 valence electrons. The number of amidine groups is 1. The molecule has 25 heavy (non-hydrogen) atoms. The van der Waals surface area contributed by atoms with Gasteiger partial charge in [-0.15, -0.1) is 6.58 Å². The van der Waals surface area contributed by atoms with Crippen LogP contribution >= 0.6 is 23.4 Å². The summed E-state index contributed by atoms with van der Waals surface area (Å²) in [6.45, 7) is 6.06. The zero-order valence-electron chi connectivity index (χ0n) is 13.6. The van der Waals surface area contributed by atoms with Gasteiger partial charge in [0.25, 0.3) is 5.91 Å². The molecule has 1 aliphatic heterocycles.